The summed E-state index contributed by atoms with van der Waals surface area (Å²) >= 11 is 0. The molecule has 4 fully saturated rings. The van der Waals surface area contributed by atoms with E-state index in [1.54, 1.807) is 5.57 Å². The molecule has 4 saturated carbocycles. The molecular formula is C24H27. The summed E-state index contributed by atoms with van der Waals surface area (Å²) in [6, 6.07) is 10.8. The Kier molecular flexibility index (Phi) is 3.37. The van der Waals surface area contributed by atoms with E-state index in [4.69, 9.17) is 0 Å². The average Bonchev–Trinajstić information content (AvgIpc) is 2.94. The lowest BCUT2D eigenvalue weighted by atomic mass is 9.47. The molecule has 1 aromatic carbocycles. The van der Waals surface area contributed by atoms with Gasteiger partial charge in [0.2, 0.25) is 0 Å². The third kappa shape index (κ3) is 2.42. The first-order valence-electron chi connectivity index (χ1n) is 9.77. The molecule has 0 aromatic heterocycles. The van der Waals surface area contributed by atoms with E-state index >= 15 is 0 Å². The van der Waals surface area contributed by atoms with E-state index in [0.29, 0.717) is 5.41 Å². The van der Waals surface area contributed by atoms with Crippen molar-refractivity contribution in [3.05, 3.63) is 70.8 Å². The predicted octanol–water partition coefficient (Wildman–Crippen LogP) is 6.06. The Morgan fingerprint density at radius 1 is 1.00 bits per heavy atom. The fourth-order valence-corrected chi connectivity index (χ4v) is 6.50. The van der Waals surface area contributed by atoms with Crippen LogP contribution >= 0.6 is 0 Å². The molecule has 1 radical (unpaired) electrons. The minimum atomic E-state index is 0.484. The third-order valence-electron chi connectivity index (χ3n) is 7.00. The van der Waals surface area contributed by atoms with Gasteiger partial charge in [-0.1, -0.05) is 42.5 Å². The summed E-state index contributed by atoms with van der Waals surface area (Å²) in [7, 11) is 0. The van der Waals surface area contributed by atoms with Crippen molar-refractivity contribution >= 4 is 0 Å². The van der Waals surface area contributed by atoms with Crippen molar-refractivity contribution in [2.45, 2.75) is 51.9 Å². The molecule has 0 amide bonds. The molecule has 0 nitrogen and oxygen atoms in total. The minimum absolute atomic E-state index is 0.484. The standard InChI is InChI=1S/C24H27/c1-17-9-19(8-7-18-5-3-2-4-6-18)13-23(17)24-14-20-10-21(15-24)12-22(11-20)16-24/h2-6,8-9,20-22H,7,10-12,14-16H2,1H3. The summed E-state index contributed by atoms with van der Waals surface area (Å²) < 4.78 is 0. The van der Waals surface area contributed by atoms with Crippen molar-refractivity contribution in [3.63, 3.8) is 0 Å². The zero-order valence-corrected chi connectivity index (χ0v) is 14.7. The van der Waals surface area contributed by atoms with E-state index in [1.807, 2.05) is 0 Å². The van der Waals surface area contributed by atoms with E-state index in [2.05, 4.69) is 55.5 Å². The van der Waals surface area contributed by atoms with Crippen molar-refractivity contribution in [1.82, 2.24) is 0 Å². The van der Waals surface area contributed by atoms with Gasteiger partial charge in [0.1, 0.15) is 0 Å². The van der Waals surface area contributed by atoms with Gasteiger partial charge < -0.3 is 0 Å². The van der Waals surface area contributed by atoms with Crippen LogP contribution in [0.15, 0.2) is 59.2 Å². The lowest BCUT2D eigenvalue weighted by Gasteiger charge is -2.57. The predicted molar refractivity (Wildman–Crippen MR) is 99.3 cm³/mol. The topological polar surface area (TPSA) is 0 Å². The minimum Gasteiger partial charge on any atom is -0.0722 e. The van der Waals surface area contributed by atoms with Crippen LogP contribution in [-0.2, 0) is 6.42 Å². The van der Waals surface area contributed by atoms with E-state index < -0.39 is 0 Å². The van der Waals surface area contributed by atoms with Crippen LogP contribution < -0.4 is 0 Å². The van der Waals surface area contributed by atoms with Crippen LogP contribution in [0.1, 0.15) is 51.0 Å². The molecule has 6 rings (SSSR count). The molecule has 0 spiro atoms. The van der Waals surface area contributed by atoms with Gasteiger partial charge in [0.25, 0.3) is 0 Å². The van der Waals surface area contributed by atoms with Crippen molar-refractivity contribution < 1.29 is 0 Å². The van der Waals surface area contributed by atoms with Gasteiger partial charge in [-0.05, 0) is 103 Å². The normalized spacial score (nSPS) is 38.5. The molecule has 0 unspecified atom stereocenters. The quantitative estimate of drug-likeness (QED) is 0.636. The summed E-state index contributed by atoms with van der Waals surface area (Å²) in [5, 5.41) is 0. The van der Waals surface area contributed by atoms with Crippen LogP contribution in [0.4, 0.5) is 0 Å². The van der Waals surface area contributed by atoms with Crippen LogP contribution in [0.5, 0.6) is 0 Å². The molecule has 0 heteroatoms. The highest BCUT2D eigenvalue weighted by atomic mass is 14.6. The fraction of sp³-hybridized carbons (Fsp3) is 0.500. The summed E-state index contributed by atoms with van der Waals surface area (Å²) in [4.78, 5) is 0. The highest BCUT2D eigenvalue weighted by molar-refractivity contribution is 5.51. The second-order valence-electron chi connectivity index (χ2n) is 8.87. The number of benzene rings is 1. The largest absolute Gasteiger partial charge is 0.0722 e. The second kappa shape index (κ2) is 5.48. The second-order valence-corrected chi connectivity index (χ2v) is 8.87. The van der Waals surface area contributed by atoms with Crippen LogP contribution in [0.2, 0.25) is 0 Å². The van der Waals surface area contributed by atoms with E-state index in [-0.39, 0.29) is 0 Å². The van der Waals surface area contributed by atoms with Gasteiger partial charge in [0.05, 0.1) is 0 Å². The molecule has 0 heterocycles. The zero-order valence-electron chi connectivity index (χ0n) is 14.7. The first kappa shape index (κ1) is 14.8. The highest BCUT2D eigenvalue weighted by Crippen LogP contribution is 2.64. The molecule has 0 atom stereocenters. The van der Waals surface area contributed by atoms with Gasteiger partial charge in [-0.2, -0.15) is 0 Å². The van der Waals surface area contributed by atoms with Crippen LogP contribution in [0.25, 0.3) is 0 Å². The molecule has 5 aliphatic rings. The number of allylic oxidation sites excluding steroid dienone is 6. The molecular weight excluding hydrogens is 288 g/mol. The summed E-state index contributed by atoms with van der Waals surface area (Å²) in [6.07, 6.45) is 18.5. The van der Waals surface area contributed by atoms with E-state index in [0.717, 1.165) is 24.2 Å². The molecule has 123 valence electrons. The Labute approximate surface area is 146 Å². The first-order valence-corrected chi connectivity index (χ1v) is 9.77. The SMILES string of the molecule is CC1=CC(=CCc2ccccc2)[C]=C1C12CC3CC(CC(C3)C1)C2. The van der Waals surface area contributed by atoms with Gasteiger partial charge >= 0.3 is 0 Å². The Bertz CT molecular complexity index is 693. The van der Waals surface area contributed by atoms with Gasteiger partial charge in [-0.3, -0.25) is 0 Å². The molecule has 24 heavy (non-hydrogen) atoms. The number of hydrogen-bond acceptors (Lipinski definition) is 0. The lowest BCUT2D eigenvalue weighted by Crippen LogP contribution is -2.47. The summed E-state index contributed by atoms with van der Waals surface area (Å²) in [6.45, 7) is 2.32. The summed E-state index contributed by atoms with van der Waals surface area (Å²) in [5.41, 5.74) is 6.28. The smallest absolute Gasteiger partial charge is 0.00301 e. The number of rotatable bonds is 3. The van der Waals surface area contributed by atoms with Crippen LogP contribution in [-0.4, -0.2) is 0 Å². The highest BCUT2D eigenvalue weighted by Gasteiger charge is 2.52. The Morgan fingerprint density at radius 3 is 2.25 bits per heavy atom. The number of hydrogen-bond donors (Lipinski definition) is 0. The third-order valence-corrected chi connectivity index (χ3v) is 7.00. The van der Waals surface area contributed by atoms with E-state index in [9.17, 15) is 0 Å². The van der Waals surface area contributed by atoms with Gasteiger partial charge in [-0.15, -0.1) is 0 Å². The molecule has 5 aliphatic carbocycles. The van der Waals surface area contributed by atoms with Crippen molar-refractivity contribution in [1.29, 1.82) is 0 Å². The Balaban J connectivity index is 1.42. The average molecular weight is 315 g/mol. The van der Waals surface area contributed by atoms with Gasteiger partial charge in [0.15, 0.2) is 0 Å². The molecule has 4 bridgehead atoms. The molecule has 0 aliphatic heterocycles. The first-order chi connectivity index (χ1) is 11.7. The molecule has 0 saturated heterocycles. The van der Waals surface area contributed by atoms with Crippen molar-refractivity contribution in [2.75, 3.05) is 0 Å². The van der Waals surface area contributed by atoms with Crippen molar-refractivity contribution in [2.24, 2.45) is 23.2 Å². The Hall–Kier alpha value is -1.56. The van der Waals surface area contributed by atoms with Crippen LogP contribution in [0, 0.1) is 29.2 Å². The summed E-state index contributed by atoms with van der Waals surface area (Å²) in [5.74, 6) is 3.03. The van der Waals surface area contributed by atoms with E-state index in [1.165, 1.54) is 55.2 Å². The fourth-order valence-electron chi connectivity index (χ4n) is 6.50. The monoisotopic (exact) mass is 315 g/mol. The lowest BCUT2D eigenvalue weighted by molar-refractivity contribution is -0.0293. The van der Waals surface area contributed by atoms with Crippen molar-refractivity contribution in [3.8, 4) is 0 Å². The molecule has 0 N–H and O–H groups in total. The van der Waals surface area contributed by atoms with Gasteiger partial charge in [-0.25, -0.2) is 0 Å². The maximum atomic E-state index is 3.85. The van der Waals surface area contributed by atoms with Crippen LogP contribution in [0.3, 0.4) is 0 Å². The Morgan fingerprint density at radius 2 is 1.62 bits per heavy atom. The van der Waals surface area contributed by atoms with Gasteiger partial charge in [0, 0.05) is 0 Å². The maximum Gasteiger partial charge on any atom is -0.00301 e. The zero-order chi connectivity index (χ0) is 16.1. The maximum absolute atomic E-state index is 3.85. The molecule has 1 aromatic rings.